The van der Waals surface area contributed by atoms with Crippen LogP contribution in [0.2, 0.25) is 0 Å². The third-order valence-corrected chi connectivity index (χ3v) is 3.54. The van der Waals surface area contributed by atoms with Crippen LogP contribution in [0.3, 0.4) is 0 Å². The van der Waals surface area contributed by atoms with Crippen LogP contribution in [0.4, 0.5) is 0 Å². The van der Waals surface area contributed by atoms with Crippen LogP contribution in [0.5, 0.6) is 0 Å². The molecule has 6 nitrogen and oxygen atoms in total. The molecular weight excluding hydrogens is 256 g/mol. The van der Waals surface area contributed by atoms with Crippen molar-refractivity contribution in [2.24, 2.45) is 7.05 Å². The summed E-state index contributed by atoms with van der Waals surface area (Å²) in [6.45, 7) is 9.12. The Balaban J connectivity index is 1.82. The molecule has 1 aliphatic rings. The van der Waals surface area contributed by atoms with Crippen LogP contribution >= 0.6 is 0 Å². The van der Waals surface area contributed by atoms with Gasteiger partial charge in [-0.1, -0.05) is 13.8 Å². The molecule has 0 aliphatic carbocycles. The fraction of sp³-hybridized carbons (Fsp3) is 0.714. The summed E-state index contributed by atoms with van der Waals surface area (Å²) in [5.74, 6) is 0.274. The first-order valence-corrected chi connectivity index (χ1v) is 7.20. The fourth-order valence-electron chi connectivity index (χ4n) is 2.23. The third-order valence-electron chi connectivity index (χ3n) is 3.54. The molecule has 0 unspecified atom stereocenters. The summed E-state index contributed by atoms with van der Waals surface area (Å²) in [4.78, 5) is 14.4. The second-order valence-corrected chi connectivity index (χ2v) is 5.44. The number of aromatic nitrogens is 2. The number of amides is 1. The molecule has 0 saturated carbocycles. The SMILES string of the molecule is CC(C)c1cc(C(=O)NCCN2CCOCC2)n(C)n1. The molecule has 0 aromatic carbocycles. The Morgan fingerprint density at radius 2 is 2.15 bits per heavy atom. The summed E-state index contributed by atoms with van der Waals surface area (Å²) >= 11 is 0. The normalized spacial score (nSPS) is 16.6. The van der Waals surface area contributed by atoms with E-state index in [-0.39, 0.29) is 5.91 Å². The number of carbonyl (C=O) groups excluding carboxylic acids is 1. The quantitative estimate of drug-likeness (QED) is 0.858. The minimum Gasteiger partial charge on any atom is -0.379 e. The molecule has 1 amide bonds. The molecule has 2 heterocycles. The van der Waals surface area contributed by atoms with E-state index in [1.807, 2.05) is 13.1 Å². The average Bonchev–Trinajstić information content (AvgIpc) is 2.82. The number of ether oxygens (including phenoxy) is 1. The molecule has 1 aliphatic heterocycles. The highest BCUT2D eigenvalue weighted by molar-refractivity contribution is 5.92. The first kappa shape index (κ1) is 15.0. The Hall–Kier alpha value is -1.40. The predicted octanol–water partition coefficient (Wildman–Crippen LogP) is 0.606. The van der Waals surface area contributed by atoms with Gasteiger partial charge in [0.1, 0.15) is 5.69 Å². The summed E-state index contributed by atoms with van der Waals surface area (Å²) in [6.07, 6.45) is 0. The van der Waals surface area contributed by atoms with Crippen molar-refractivity contribution in [3.63, 3.8) is 0 Å². The van der Waals surface area contributed by atoms with Gasteiger partial charge in [0.25, 0.3) is 5.91 Å². The van der Waals surface area contributed by atoms with Gasteiger partial charge in [-0.25, -0.2) is 0 Å². The van der Waals surface area contributed by atoms with Crippen molar-refractivity contribution in [2.45, 2.75) is 19.8 Å². The van der Waals surface area contributed by atoms with Crippen LogP contribution in [0.15, 0.2) is 6.07 Å². The number of aryl methyl sites for hydroxylation is 1. The maximum atomic E-state index is 12.1. The van der Waals surface area contributed by atoms with E-state index in [4.69, 9.17) is 4.74 Å². The van der Waals surface area contributed by atoms with Crippen molar-refractivity contribution in [1.82, 2.24) is 20.0 Å². The summed E-state index contributed by atoms with van der Waals surface area (Å²) < 4.78 is 6.95. The van der Waals surface area contributed by atoms with Crippen LogP contribution in [-0.2, 0) is 11.8 Å². The van der Waals surface area contributed by atoms with Crippen LogP contribution in [0.1, 0.15) is 35.9 Å². The topological polar surface area (TPSA) is 59.4 Å². The zero-order chi connectivity index (χ0) is 14.5. The largest absolute Gasteiger partial charge is 0.379 e. The van der Waals surface area contributed by atoms with Crippen molar-refractivity contribution < 1.29 is 9.53 Å². The van der Waals surface area contributed by atoms with Gasteiger partial charge in [0.2, 0.25) is 0 Å². The highest BCUT2D eigenvalue weighted by Gasteiger charge is 2.15. The first-order chi connectivity index (χ1) is 9.58. The Bertz CT molecular complexity index is 450. The van der Waals surface area contributed by atoms with Crippen molar-refractivity contribution in [3.8, 4) is 0 Å². The summed E-state index contributed by atoms with van der Waals surface area (Å²) in [5.41, 5.74) is 1.57. The molecule has 0 spiro atoms. The molecule has 112 valence electrons. The second kappa shape index (κ2) is 6.85. The summed E-state index contributed by atoms with van der Waals surface area (Å²) in [5, 5.41) is 7.32. The van der Waals surface area contributed by atoms with E-state index >= 15 is 0 Å². The zero-order valence-corrected chi connectivity index (χ0v) is 12.6. The van der Waals surface area contributed by atoms with Gasteiger partial charge < -0.3 is 10.1 Å². The van der Waals surface area contributed by atoms with Crippen LogP contribution < -0.4 is 5.32 Å². The van der Waals surface area contributed by atoms with Gasteiger partial charge in [-0.15, -0.1) is 0 Å². The molecule has 0 bridgehead atoms. The van der Waals surface area contributed by atoms with Crippen molar-refractivity contribution >= 4 is 5.91 Å². The summed E-state index contributed by atoms with van der Waals surface area (Å²) in [6, 6.07) is 1.87. The molecule has 2 rings (SSSR count). The third kappa shape index (κ3) is 3.80. The second-order valence-electron chi connectivity index (χ2n) is 5.44. The lowest BCUT2D eigenvalue weighted by Gasteiger charge is -2.26. The highest BCUT2D eigenvalue weighted by Crippen LogP contribution is 2.13. The molecule has 6 heteroatoms. The van der Waals surface area contributed by atoms with Crippen molar-refractivity contribution in [2.75, 3.05) is 39.4 Å². The van der Waals surface area contributed by atoms with E-state index in [0.717, 1.165) is 38.5 Å². The van der Waals surface area contributed by atoms with E-state index in [0.29, 0.717) is 18.2 Å². The fourth-order valence-corrected chi connectivity index (χ4v) is 2.23. The van der Waals surface area contributed by atoms with Crippen molar-refractivity contribution in [1.29, 1.82) is 0 Å². The maximum Gasteiger partial charge on any atom is 0.269 e. The Morgan fingerprint density at radius 3 is 2.75 bits per heavy atom. The van der Waals surface area contributed by atoms with Crippen LogP contribution in [0, 0.1) is 0 Å². The van der Waals surface area contributed by atoms with Gasteiger partial charge in [0.15, 0.2) is 0 Å². The summed E-state index contributed by atoms with van der Waals surface area (Å²) in [7, 11) is 1.81. The maximum absolute atomic E-state index is 12.1. The minimum absolute atomic E-state index is 0.0554. The standard InChI is InChI=1S/C14H24N4O2/c1-11(2)12-10-13(17(3)16-12)14(19)15-4-5-18-6-8-20-9-7-18/h10-11H,4-9H2,1-3H3,(H,15,19). The smallest absolute Gasteiger partial charge is 0.269 e. The van der Waals surface area contributed by atoms with Gasteiger partial charge in [-0.2, -0.15) is 5.10 Å². The molecule has 1 fully saturated rings. The van der Waals surface area contributed by atoms with E-state index in [1.165, 1.54) is 0 Å². The first-order valence-electron chi connectivity index (χ1n) is 7.20. The lowest BCUT2D eigenvalue weighted by Crippen LogP contribution is -2.41. The van der Waals surface area contributed by atoms with Crippen LogP contribution in [-0.4, -0.2) is 60.0 Å². The lowest BCUT2D eigenvalue weighted by atomic mass is 10.1. The average molecular weight is 280 g/mol. The van der Waals surface area contributed by atoms with E-state index in [1.54, 1.807) is 4.68 Å². The molecule has 1 saturated heterocycles. The molecule has 1 aromatic rings. The van der Waals surface area contributed by atoms with E-state index < -0.39 is 0 Å². The Morgan fingerprint density at radius 1 is 1.45 bits per heavy atom. The molecule has 1 N–H and O–H groups in total. The molecule has 0 atom stereocenters. The van der Waals surface area contributed by atoms with Gasteiger partial charge >= 0.3 is 0 Å². The Kier molecular flexibility index (Phi) is 5.14. The number of morpholine rings is 1. The van der Waals surface area contributed by atoms with E-state index in [9.17, 15) is 4.79 Å². The molecular formula is C14H24N4O2. The minimum atomic E-state index is -0.0554. The molecule has 0 radical (unpaired) electrons. The number of rotatable bonds is 5. The van der Waals surface area contributed by atoms with Gasteiger partial charge in [-0.3, -0.25) is 14.4 Å². The van der Waals surface area contributed by atoms with Crippen molar-refractivity contribution in [3.05, 3.63) is 17.5 Å². The number of nitrogens with one attached hydrogen (secondary N) is 1. The molecule has 1 aromatic heterocycles. The monoisotopic (exact) mass is 280 g/mol. The molecule has 20 heavy (non-hydrogen) atoms. The number of nitrogens with zero attached hydrogens (tertiary/aromatic N) is 3. The number of carbonyl (C=O) groups is 1. The predicted molar refractivity (Wildman–Crippen MR) is 76.9 cm³/mol. The van der Waals surface area contributed by atoms with E-state index in [2.05, 4.69) is 29.2 Å². The van der Waals surface area contributed by atoms with Gasteiger partial charge in [-0.05, 0) is 12.0 Å². The van der Waals surface area contributed by atoms with Gasteiger partial charge in [0.05, 0.1) is 18.9 Å². The number of hydrogen-bond acceptors (Lipinski definition) is 4. The lowest BCUT2D eigenvalue weighted by molar-refractivity contribution is 0.0383. The zero-order valence-electron chi connectivity index (χ0n) is 12.6. The number of hydrogen-bond donors (Lipinski definition) is 1. The Labute approximate surface area is 120 Å². The highest BCUT2D eigenvalue weighted by atomic mass is 16.5. The van der Waals surface area contributed by atoms with Gasteiger partial charge in [0, 0.05) is 33.2 Å². The van der Waals surface area contributed by atoms with Crippen LogP contribution in [0.25, 0.3) is 0 Å².